The zero-order valence-corrected chi connectivity index (χ0v) is 15.0. The van der Waals surface area contributed by atoms with E-state index in [1.165, 1.54) is 0 Å². The van der Waals surface area contributed by atoms with Crippen molar-refractivity contribution in [1.29, 1.82) is 0 Å². The molecule has 2 aromatic carbocycles. The van der Waals surface area contributed by atoms with Crippen molar-refractivity contribution in [2.75, 3.05) is 0 Å². The fourth-order valence-corrected chi connectivity index (χ4v) is 1.45. The Morgan fingerprint density at radius 1 is 0.647 bits per heavy atom. The Labute approximate surface area is 135 Å². The molecule has 0 atom stereocenters. The molecule has 0 radical (unpaired) electrons. The van der Waals surface area contributed by atoms with Gasteiger partial charge in [-0.3, -0.25) is 0 Å². The zero-order chi connectivity index (χ0) is 12.0. The van der Waals surface area contributed by atoms with Crippen LogP contribution in [0.2, 0.25) is 10.0 Å². The van der Waals surface area contributed by atoms with E-state index in [2.05, 4.69) is 0 Å². The summed E-state index contributed by atoms with van der Waals surface area (Å²) in [4.78, 5) is 1.43. The average Bonchev–Trinajstić information content (AvgIpc) is 2.28. The van der Waals surface area contributed by atoms with Gasteiger partial charge in [0.1, 0.15) is 0 Å². The number of benzene rings is 2. The van der Waals surface area contributed by atoms with Crippen LogP contribution in [0.15, 0.2) is 58.3 Å². The fourth-order valence-electron chi connectivity index (χ4n) is 0.889. The molecule has 0 saturated heterocycles. The molecule has 84 valence electrons. The van der Waals surface area contributed by atoms with Gasteiger partial charge in [-0.1, -0.05) is 59.6 Å². The van der Waals surface area contributed by atoms with Crippen LogP contribution in [0.5, 0.6) is 0 Å². The largest absolute Gasteiger partial charge is 2.00 e. The van der Waals surface area contributed by atoms with E-state index in [9.17, 15) is 0 Å². The maximum atomic E-state index is 5.60. The van der Waals surface area contributed by atoms with Gasteiger partial charge >= 0.3 is 19.5 Å². The molecular weight excluding hydrogens is 345 g/mol. The van der Waals surface area contributed by atoms with Crippen LogP contribution in [-0.4, -0.2) is 0 Å². The van der Waals surface area contributed by atoms with Crippen molar-refractivity contribution in [3.8, 4) is 0 Å². The molecular formula is C12H8Cl2S2Zn. The van der Waals surface area contributed by atoms with Crippen molar-refractivity contribution in [1.82, 2.24) is 0 Å². The summed E-state index contributed by atoms with van der Waals surface area (Å²) in [6.45, 7) is 0. The second-order valence-electron chi connectivity index (χ2n) is 2.86. The molecule has 0 unspecified atom stereocenters. The minimum atomic E-state index is 0. The van der Waals surface area contributed by atoms with Crippen molar-refractivity contribution in [2.24, 2.45) is 0 Å². The third kappa shape index (κ3) is 6.54. The van der Waals surface area contributed by atoms with Crippen molar-refractivity contribution >= 4 is 48.5 Å². The van der Waals surface area contributed by atoms with Gasteiger partial charge in [0.2, 0.25) is 0 Å². The monoisotopic (exact) mass is 350 g/mol. The molecule has 0 saturated carbocycles. The molecule has 0 aromatic heterocycles. The maximum Gasteiger partial charge on any atom is 2.00 e. The van der Waals surface area contributed by atoms with Crippen molar-refractivity contribution in [3.63, 3.8) is 0 Å². The fraction of sp³-hybridized carbons (Fsp3) is 0. The van der Waals surface area contributed by atoms with E-state index < -0.39 is 0 Å². The first kappa shape index (κ1) is 17.1. The molecule has 2 rings (SSSR count). The van der Waals surface area contributed by atoms with Crippen LogP contribution in [0.3, 0.4) is 0 Å². The van der Waals surface area contributed by atoms with E-state index in [0.29, 0.717) is 19.8 Å². The van der Waals surface area contributed by atoms with Gasteiger partial charge in [0, 0.05) is 10.0 Å². The Balaban J connectivity index is 0.000000284. The Morgan fingerprint density at radius 2 is 0.941 bits per heavy atom. The summed E-state index contributed by atoms with van der Waals surface area (Å²) in [5.74, 6) is 0. The quantitative estimate of drug-likeness (QED) is 0.506. The second-order valence-corrected chi connectivity index (χ2v) is 4.55. The van der Waals surface area contributed by atoms with Gasteiger partial charge in [-0.15, -0.1) is 0 Å². The number of hydrogen-bond acceptors (Lipinski definition) is 2. The van der Waals surface area contributed by atoms with Crippen molar-refractivity contribution in [2.45, 2.75) is 9.79 Å². The van der Waals surface area contributed by atoms with Crippen LogP contribution in [0, 0.1) is 0 Å². The molecule has 0 aliphatic rings. The molecule has 0 heterocycles. The third-order valence-corrected chi connectivity index (χ3v) is 3.27. The molecule has 0 fully saturated rings. The normalized spacial score (nSPS) is 8.59. The molecule has 0 aliphatic heterocycles. The second kappa shape index (κ2) is 9.07. The zero-order valence-electron chi connectivity index (χ0n) is 8.90. The Morgan fingerprint density at radius 3 is 1.12 bits per heavy atom. The van der Waals surface area contributed by atoms with Gasteiger partial charge in [-0.05, 0) is 12.1 Å². The summed E-state index contributed by atoms with van der Waals surface area (Å²) in [7, 11) is 0. The van der Waals surface area contributed by atoms with Gasteiger partial charge in [0.05, 0.1) is 0 Å². The third-order valence-electron chi connectivity index (χ3n) is 1.67. The summed E-state index contributed by atoms with van der Waals surface area (Å²) in [6.07, 6.45) is 0. The predicted octanol–water partition coefficient (Wildman–Crippen LogP) is 4.49. The van der Waals surface area contributed by atoms with E-state index in [4.69, 9.17) is 48.5 Å². The summed E-state index contributed by atoms with van der Waals surface area (Å²) in [6, 6.07) is 14.6. The first-order chi connectivity index (χ1) is 7.61. The number of rotatable bonds is 0. The maximum absolute atomic E-state index is 5.60. The molecule has 0 nitrogen and oxygen atoms in total. The smallest absolute Gasteiger partial charge is 0.778 e. The van der Waals surface area contributed by atoms with Crippen LogP contribution < -0.4 is 0 Å². The van der Waals surface area contributed by atoms with Crippen LogP contribution in [0.25, 0.3) is 0 Å². The number of halogens is 2. The van der Waals surface area contributed by atoms with Gasteiger partial charge in [-0.25, -0.2) is 0 Å². The molecule has 0 spiro atoms. The van der Waals surface area contributed by atoms with Gasteiger partial charge in [0.25, 0.3) is 0 Å². The number of hydrogen-bond donors (Lipinski definition) is 0. The average molecular weight is 353 g/mol. The Kier molecular flexibility index (Phi) is 9.12. The standard InChI is InChI=1S/2C6H5ClS.Zn/c2*7-5-3-1-2-4-6(5)8;/h2*1-4,8H;/q;;+2/p-2. The minimum Gasteiger partial charge on any atom is -0.778 e. The van der Waals surface area contributed by atoms with Crippen LogP contribution >= 0.6 is 23.2 Å². The van der Waals surface area contributed by atoms with E-state index in [-0.39, 0.29) is 19.5 Å². The molecule has 5 heteroatoms. The molecule has 17 heavy (non-hydrogen) atoms. The summed E-state index contributed by atoms with van der Waals surface area (Å²) >= 11 is 20.9. The van der Waals surface area contributed by atoms with Gasteiger partial charge in [0.15, 0.2) is 0 Å². The Hall–Kier alpha value is 0.0834. The van der Waals surface area contributed by atoms with Crippen LogP contribution in [0.1, 0.15) is 0 Å². The van der Waals surface area contributed by atoms with E-state index in [1.54, 1.807) is 24.3 Å². The topological polar surface area (TPSA) is 0 Å². The molecule has 0 bridgehead atoms. The summed E-state index contributed by atoms with van der Waals surface area (Å²) in [5.41, 5.74) is 0. The van der Waals surface area contributed by atoms with Crippen LogP contribution in [-0.2, 0) is 44.7 Å². The minimum absolute atomic E-state index is 0. The van der Waals surface area contributed by atoms with Crippen molar-refractivity contribution < 1.29 is 19.5 Å². The first-order valence-corrected chi connectivity index (χ1v) is 6.01. The molecule has 0 amide bonds. The van der Waals surface area contributed by atoms with E-state index in [1.807, 2.05) is 24.3 Å². The van der Waals surface area contributed by atoms with Crippen molar-refractivity contribution in [3.05, 3.63) is 58.6 Å². The van der Waals surface area contributed by atoms with Gasteiger partial charge in [-0.2, -0.15) is 9.79 Å². The SMILES string of the molecule is [S-]c1ccccc1Cl.[S-]c1ccccc1Cl.[Zn+2]. The Bertz CT molecular complexity index is 378. The van der Waals surface area contributed by atoms with Crippen LogP contribution in [0.4, 0.5) is 0 Å². The van der Waals surface area contributed by atoms with E-state index in [0.717, 1.165) is 0 Å². The van der Waals surface area contributed by atoms with E-state index >= 15 is 0 Å². The summed E-state index contributed by atoms with van der Waals surface area (Å²) in [5, 5.41) is 1.31. The molecule has 2 aromatic rings. The van der Waals surface area contributed by atoms with Gasteiger partial charge < -0.3 is 25.3 Å². The predicted molar refractivity (Wildman–Crippen MR) is 74.2 cm³/mol. The summed E-state index contributed by atoms with van der Waals surface area (Å²) < 4.78 is 0. The molecule has 0 aliphatic carbocycles. The molecule has 0 N–H and O–H groups in total. The first-order valence-electron chi connectivity index (χ1n) is 4.44.